The first-order valence-corrected chi connectivity index (χ1v) is 2.62. The molecule has 1 atom stereocenters. The minimum Gasteiger partial charge on any atom is -0.371 e. The van der Waals surface area contributed by atoms with E-state index in [9.17, 15) is 4.21 Å². The molecule has 0 fully saturated rings. The molecule has 0 aromatic rings. The third-order valence-electron chi connectivity index (χ3n) is 0.400. The summed E-state index contributed by atoms with van der Waals surface area (Å²) in [7, 11) is -1.02. The van der Waals surface area contributed by atoms with Crippen molar-refractivity contribution in [1.29, 1.82) is 0 Å². The summed E-state index contributed by atoms with van der Waals surface area (Å²) in [6.07, 6.45) is 1.40. The monoisotopic (exact) mass is 100.0 g/mol. The number of hydrogen-bond donors (Lipinski definition) is 0. The maximum absolute atomic E-state index is 10.1. The summed E-state index contributed by atoms with van der Waals surface area (Å²) in [4.78, 5) is 3.50. The Morgan fingerprint density at radius 3 is 2.83 bits per heavy atom. The summed E-state index contributed by atoms with van der Waals surface area (Å²) >= 11 is 0. The summed E-state index contributed by atoms with van der Waals surface area (Å²) in [5.41, 5.74) is 1.33. The highest BCUT2D eigenvalue weighted by atomic mass is 32.2. The van der Waals surface area contributed by atoms with Crippen LogP contribution < -0.4 is 0 Å². The van der Waals surface area contributed by atoms with Gasteiger partial charge in [0.05, 0.1) is 5.55 Å². The molecule has 0 saturated heterocycles. The van der Waals surface area contributed by atoms with Crippen LogP contribution in [0.25, 0.3) is 0 Å². The minimum atomic E-state index is -1.02. The molecule has 1 heterocycles. The van der Waals surface area contributed by atoms with E-state index in [1.54, 1.807) is 0 Å². The Kier molecular flexibility index (Phi) is 0.837. The van der Waals surface area contributed by atoms with E-state index in [0.717, 1.165) is 0 Å². The molecule has 0 bridgehead atoms. The molecule has 1 aliphatic heterocycles. The number of nitrogens with zero attached hydrogens (tertiary/aromatic N) is 1. The number of aliphatic imine (C=N–C) groups is 1. The molecule has 1 rings (SSSR count). The van der Waals surface area contributed by atoms with Gasteiger partial charge >= 0.3 is 0 Å². The quantitative estimate of drug-likeness (QED) is 0.395. The summed E-state index contributed by atoms with van der Waals surface area (Å²) in [6.45, 7) is 0. The topological polar surface area (TPSA) is 29.4 Å². The normalized spacial score (nSPS) is 29.0. The van der Waals surface area contributed by atoms with Gasteiger partial charge in [-0.15, -0.1) is 6.20 Å². The molecule has 0 spiro atoms. The van der Waals surface area contributed by atoms with E-state index in [4.69, 9.17) is 0 Å². The highest BCUT2D eigenvalue weighted by Gasteiger charge is 1.71. The third kappa shape index (κ3) is 0.542. The largest absolute Gasteiger partial charge is 0.371 e. The predicted octanol–water partition coefficient (Wildman–Crippen LogP) is 0.0514. The second kappa shape index (κ2) is 1.34. The van der Waals surface area contributed by atoms with Crippen LogP contribution in [0.1, 0.15) is 0 Å². The molecule has 0 aliphatic carbocycles. The van der Waals surface area contributed by atoms with E-state index in [1.807, 2.05) is 0 Å². The average Bonchev–Trinajstić information content (AvgIpc) is 1.86. The van der Waals surface area contributed by atoms with Crippen molar-refractivity contribution in [3.05, 3.63) is 11.6 Å². The van der Waals surface area contributed by atoms with Gasteiger partial charge in [0.25, 0.3) is 0 Å². The van der Waals surface area contributed by atoms with Crippen LogP contribution in [0.5, 0.6) is 0 Å². The Morgan fingerprint density at radius 1 is 1.83 bits per heavy atom. The zero-order valence-corrected chi connectivity index (χ0v) is 3.73. The predicted molar refractivity (Wildman–Crippen MR) is 24.4 cm³/mol. The molecule has 2 nitrogen and oxygen atoms in total. The van der Waals surface area contributed by atoms with Crippen molar-refractivity contribution in [1.82, 2.24) is 0 Å². The summed E-state index contributed by atoms with van der Waals surface area (Å²) in [5.74, 6) is 0. The summed E-state index contributed by atoms with van der Waals surface area (Å²) < 4.78 is 10.1. The second-order valence-corrected chi connectivity index (χ2v) is 1.84. The lowest BCUT2D eigenvalue weighted by molar-refractivity contribution is 0.694. The molecule has 0 radical (unpaired) electrons. The molecule has 0 aromatic heterocycles. The number of hydrogen-bond acceptors (Lipinski definition) is 2. The molecular formula is C3H2NOS-. The highest BCUT2D eigenvalue weighted by Crippen LogP contribution is 1.86. The molecule has 32 valence electrons. The van der Waals surface area contributed by atoms with Gasteiger partial charge in [-0.3, -0.25) is 9.20 Å². The first kappa shape index (κ1) is 3.74. The second-order valence-electron chi connectivity index (χ2n) is 0.799. The molecule has 0 amide bonds. The van der Waals surface area contributed by atoms with Crippen molar-refractivity contribution in [3.8, 4) is 0 Å². The lowest BCUT2D eigenvalue weighted by Gasteiger charge is -1.82. The zero-order chi connectivity index (χ0) is 4.41. The van der Waals surface area contributed by atoms with Crippen LogP contribution in [0.3, 0.4) is 0 Å². The smallest absolute Gasteiger partial charge is 0.0567 e. The lowest BCUT2D eigenvalue weighted by atomic mass is 11.1. The zero-order valence-electron chi connectivity index (χ0n) is 2.92. The highest BCUT2D eigenvalue weighted by molar-refractivity contribution is 8.00. The molecule has 0 aromatic carbocycles. The van der Waals surface area contributed by atoms with Crippen LogP contribution in [0.2, 0.25) is 0 Å². The first-order chi connectivity index (χ1) is 2.89. The van der Waals surface area contributed by atoms with Crippen LogP contribution in [-0.2, 0) is 10.8 Å². The standard InChI is InChI=1S/C3H2NOS/c5-6-2-1-4-3-6/h1,3H/q-1. The fourth-order valence-electron chi connectivity index (χ4n) is 0.199. The van der Waals surface area contributed by atoms with E-state index in [0.29, 0.717) is 0 Å². The van der Waals surface area contributed by atoms with Gasteiger partial charge in [-0.25, -0.2) is 0 Å². The van der Waals surface area contributed by atoms with Gasteiger partial charge in [0.1, 0.15) is 0 Å². The Hall–Kier alpha value is -0.440. The van der Waals surface area contributed by atoms with Gasteiger partial charge in [-0.2, -0.15) is 0 Å². The van der Waals surface area contributed by atoms with Crippen LogP contribution in [-0.4, -0.2) is 9.76 Å². The van der Waals surface area contributed by atoms with E-state index < -0.39 is 10.8 Å². The van der Waals surface area contributed by atoms with Crippen LogP contribution in [0, 0.1) is 5.41 Å². The molecular weight excluding hydrogens is 98.1 g/mol. The van der Waals surface area contributed by atoms with Crippen LogP contribution in [0.15, 0.2) is 11.2 Å². The molecule has 1 unspecified atom stereocenters. The van der Waals surface area contributed by atoms with E-state index >= 15 is 0 Å². The molecule has 0 N–H and O–H groups in total. The summed E-state index contributed by atoms with van der Waals surface area (Å²) in [6, 6.07) is 0. The fourth-order valence-corrected chi connectivity index (χ4v) is 0.596. The number of rotatable bonds is 0. The summed E-state index contributed by atoms with van der Waals surface area (Å²) in [5, 5.41) is 2.44. The van der Waals surface area contributed by atoms with Crippen LogP contribution >= 0.6 is 0 Å². The van der Waals surface area contributed by atoms with Gasteiger partial charge < -0.3 is 5.41 Å². The fraction of sp³-hybridized carbons (Fsp3) is 0. The van der Waals surface area contributed by atoms with Gasteiger partial charge in [0.2, 0.25) is 0 Å². The van der Waals surface area contributed by atoms with Gasteiger partial charge in [0.15, 0.2) is 0 Å². The van der Waals surface area contributed by atoms with Crippen LogP contribution in [0.4, 0.5) is 0 Å². The van der Waals surface area contributed by atoms with E-state index in [1.165, 1.54) is 11.7 Å². The Balaban J connectivity index is 2.86. The van der Waals surface area contributed by atoms with Crippen molar-refractivity contribution >= 4 is 16.3 Å². The lowest BCUT2D eigenvalue weighted by Crippen LogP contribution is -1.74. The van der Waals surface area contributed by atoms with Gasteiger partial charge in [-0.05, 0) is 0 Å². The molecule has 3 heteroatoms. The third-order valence-corrected chi connectivity index (χ3v) is 1.05. The van der Waals surface area contributed by atoms with Crippen molar-refractivity contribution in [2.45, 2.75) is 0 Å². The maximum Gasteiger partial charge on any atom is 0.0567 e. The van der Waals surface area contributed by atoms with E-state index in [2.05, 4.69) is 10.4 Å². The Morgan fingerprint density at radius 2 is 2.67 bits per heavy atom. The van der Waals surface area contributed by atoms with Crippen molar-refractivity contribution < 1.29 is 4.21 Å². The van der Waals surface area contributed by atoms with Gasteiger partial charge in [0, 0.05) is 0 Å². The van der Waals surface area contributed by atoms with Crippen molar-refractivity contribution in [2.24, 2.45) is 4.99 Å². The molecule has 6 heavy (non-hydrogen) atoms. The molecule has 1 aliphatic rings. The first-order valence-electron chi connectivity index (χ1n) is 1.41. The maximum atomic E-state index is 10.1. The molecule has 0 saturated carbocycles. The van der Waals surface area contributed by atoms with Crippen molar-refractivity contribution in [3.63, 3.8) is 0 Å². The van der Waals surface area contributed by atoms with Crippen molar-refractivity contribution in [2.75, 3.05) is 0 Å². The Labute approximate surface area is 38.0 Å². The Bertz CT molecular complexity index is 113. The minimum absolute atomic E-state index is 1.02. The average molecular weight is 100 g/mol. The van der Waals surface area contributed by atoms with E-state index in [-0.39, 0.29) is 0 Å². The van der Waals surface area contributed by atoms with Gasteiger partial charge in [-0.1, -0.05) is 10.8 Å². The SMILES string of the molecule is O=S1[C-]=CN=C1.